The minimum atomic E-state index is 0.310. The highest BCUT2D eigenvalue weighted by Crippen LogP contribution is 2.40. The lowest BCUT2D eigenvalue weighted by atomic mass is 10.3. The van der Waals surface area contributed by atoms with E-state index in [1.165, 1.54) is 20.7 Å². The van der Waals surface area contributed by atoms with Gasteiger partial charge in [-0.1, -0.05) is 46.4 Å². The van der Waals surface area contributed by atoms with E-state index < -0.39 is 0 Å². The molecule has 0 aliphatic carbocycles. The van der Waals surface area contributed by atoms with Crippen molar-refractivity contribution in [3.63, 3.8) is 0 Å². The van der Waals surface area contributed by atoms with Crippen LogP contribution in [-0.4, -0.2) is 12.8 Å². The maximum absolute atomic E-state index is 11.3. The first-order valence-electron chi connectivity index (χ1n) is 6.20. The zero-order chi connectivity index (χ0) is 17.7. The van der Waals surface area contributed by atoms with Gasteiger partial charge in [0.15, 0.2) is 0 Å². The van der Waals surface area contributed by atoms with Crippen LogP contribution in [0.5, 0.6) is 0 Å². The topological polar surface area (TPSA) is 40.6 Å². The number of halogens is 4. The van der Waals surface area contributed by atoms with Gasteiger partial charge in [0.25, 0.3) is 0 Å². The Kier molecular flexibility index (Phi) is 7.40. The molecule has 2 rings (SSSR count). The second-order valence-corrected chi connectivity index (χ2v) is 7.87. The molecule has 24 heavy (non-hydrogen) atoms. The van der Waals surface area contributed by atoms with E-state index in [4.69, 9.17) is 46.4 Å². The van der Waals surface area contributed by atoms with Crippen molar-refractivity contribution < 1.29 is 9.59 Å². The lowest BCUT2D eigenvalue weighted by Crippen LogP contribution is -2.15. The van der Waals surface area contributed by atoms with Crippen LogP contribution in [0.2, 0.25) is 20.1 Å². The first-order valence-corrected chi connectivity index (χ1v) is 9.77. The first kappa shape index (κ1) is 19.6. The number of rotatable bonds is 7. The molecule has 0 unspecified atom stereocenters. The predicted octanol–water partition coefficient (Wildman–Crippen LogP) is 6.14. The number of hydrogen-bond acceptors (Lipinski definition) is 4. The van der Waals surface area contributed by atoms with Gasteiger partial charge in [0.2, 0.25) is 12.8 Å². The van der Waals surface area contributed by atoms with Gasteiger partial charge in [-0.15, -0.1) is 0 Å². The lowest BCUT2D eigenvalue weighted by molar-refractivity contribution is -0.107. The Morgan fingerprint density at radius 2 is 1.08 bits per heavy atom. The SMILES string of the molecule is O=CN(SSN(C=O)c1ccc(Cl)cc1Cl)c1ccc(Cl)cc1Cl. The van der Waals surface area contributed by atoms with Crippen molar-refractivity contribution in [3.8, 4) is 0 Å². The predicted molar refractivity (Wildman–Crippen MR) is 105 cm³/mol. The second kappa shape index (κ2) is 9.08. The molecule has 0 heterocycles. The van der Waals surface area contributed by atoms with Gasteiger partial charge in [-0.25, -0.2) is 8.61 Å². The van der Waals surface area contributed by atoms with Crippen LogP contribution in [0.4, 0.5) is 11.4 Å². The molecule has 0 saturated heterocycles. The third-order valence-corrected chi connectivity index (χ3v) is 5.87. The van der Waals surface area contributed by atoms with Gasteiger partial charge in [0.05, 0.1) is 43.4 Å². The number of nitrogens with zero attached hydrogens (tertiary/aromatic N) is 2. The molecule has 0 radical (unpaired) electrons. The minimum Gasteiger partial charge on any atom is -0.277 e. The third kappa shape index (κ3) is 4.88. The molecular formula is C14H8Cl4N2O2S2. The van der Waals surface area contributed by atoms with E-state index >= 15 is 0 Å². The second-order valence-electron chi connectivity index (χ2n) is 4.20. The van der Waals surface area contributed by atoms with Crippen molar-refractivity contribution in [3.05, 3.63) is 56.5 Å². The molecule has 0 atom stereocenters. The molecule has 0 N–H and O–H groups in total. The zero-order valence-corrected chi connectivity index (χ0v) is 16.3. The standard InChI is InChI=1S/C14H8Cl4N2O2S2/c15-9-1-3-13(11(17)5-9)19(7-21)23-24-20(8-22)14-4-2-10(16)6-12(14)18/h1-8H. The molecule has 10 heteroatoms. The van der Waals surface area contributed by atoms with Crippen LogP contribution in [0, 0.1) is 0 Å². The van der Waals surface area contributed by atoms with E-state index in [-0.39, 0.29) is 0 Å². The molecule has 4 nitrogen and oxygen atoms in total. The van der Waals surface area contributed by atoms with Gasteiger partial charge in [-0.2, -0.15) is 0 Å². The van der Waals surface area contributed by atoms with Gasteiger partial charge in [0.1, 0.15) is 0 Å². The van der Waals surface area contributed by atoms with Crippen molar-refractivity contribution in [1.82, 2.24) is 0 Å². The summed E-state index contributed by atoms with van der Waals surface area (Å²) >= 11 is 23.9. The number of amides is 2. The summed E-state index contributed by atoms with van der Waals surface area (Å²) in [6.07, 6.45) is 1.17. The van der Waals surface area contributed by atoms with E-state index in [1.54, 1.807) is 24.3 Å². The monoisotopic (exact) mass is 440 g/mol. The fourth-order valence-electron chi connectivity index (χ4n) is 1.62. The average Bonchev–Trinajstić information content (AvgIpc) is 2.54. The maximum atomic E-state index is 11.3. The highest BCUT2D eigenvalue weighted by Gasteiger charge is 2.17. The Morgan fingerprint density at radius 3 is 1.38 bits per heavy atom. The lowest BCUT2D eigenvalue weighted by Gasteiger charge is -2.21. The van der Waals surface area contributed by atoms with Crippen molar-refractivity contribution >= 4 is 92.6 Å². The van der Waals surface area contributed by atoms with Crippen LogP contribution in [0.15, 0.2) is 36.4 Å². The Labute approximate surface area is 166 Å². The van der Waals surface area contributed by atoms with Crippen molar-refractivity contribution in [1.29, 1.82) is 0 Å². The van der Waals surface area contributed by atoms with E-state index in [1.807, 2.05) is 0 Å². The smallest absolute Gasteiger partial charge is 0.225 e. The summed E-state index contributed by atoms with van der Waals surface area (Å²) in [6.45, 7) is 0. The third-order valence-electron chi connectivity index (χ3n) is 2.68. The summed E-state index contributed by atoms with van der Waals surface area (Å²) in [5.41, 5.74) is 0.892. The molecule has 126 valence electrons. The van der Waals surface area contributed by atoms with E-state index in [2.05, 4.69) is 0 Å². The highest BCUT2D eigenvalue weighted by atomic mass is 35.5. The van der Waals surface area contributed by atoms with Gasteiger partial charge in [-0.3, -0.25) is 9.59 Å². The minimum absolute atomic E-state index is 0.310. The Morgan fingerprint density at radius 1 is 0.708 bits per heavy atom. The van der Waals surface area contributed by atoms with Gasteiger partial charge < -0.3 is 0 Å². The largest absolute Gasteiger partial charge is 0.277 e. The van der Waals surface area contributed by atoms with Gasteiger partial charge >= 0.3 is 0 Å². The summed E-state index contributed by atoms with van der Waals surface area (Å²) < 4.78 is 2.54. The molecular weight excluding hydrogens is 434 g/mol. The average molecular weight is 442 g/mol. The fourth-order valence-corrected chi connectivity index (χ4v) is 4.54. The van der Waals surface area contributed by atoms with Gasteiger partial charge in [0, 0.05) is 10.0 Å². The maximum Gasteiger partial charge on any atom is 0.225 e. The normalized spacial score (nSPS) is 10.3. The van der Waals surface area contributed by atoms with Crippen molar-refractivity contribution in [2.45, 2.75) is 0 Å². The van der Waals surface area contributed by atoms with Crippen LogP contribution in [0.1, 0.15) is 0 Å². The number of carbonyl (C=O) groups excluding carboxylic acids is 2. The zero-order valence-electron chi connectivity index (χ0n) is 11.7. The highest BCUT2D eigenvalue weighted by molar-refractivity contribution is 8.78. The molecule has 2 aromatic rings. The molecule has 0 bridgehead atoms. The summed E-state index contributed by atoms with van der Waals surface area (Å²) in [5.74, 6) is 0. The fraction of sp³-hybridized carbons (Fsp3) is 0. The van der Waals surface area contributed by atoms with Crippen LogP contribution in [0.3, 0.4) is 0 Å². The van der Waals surface area contributed by atoms with Crippen molar-refractivity contribution in [2.24, 2.45) is 0 Å². The van der Waals surface area contributed by atoms with Crippen LogP contribution in [-0.2, 0) is 9.59 Å². The van der Waals surface area contributed by atoms with Gasteiger partial charge in [-0.05, 0) is 36.4 Å². The number of carbonyl (C=O) groups is 2. The molecule has 0 spiro atoms. The van der Waals surface area contributed by atoms with Crippen LogP contribution in [0.25, 0.3) is 0 Å². The summed E-state index contributed by atoms with van der Waals surface area (Å²) in [5, 5.41) is 1.53. The molecule has 2 aromatic carbocycles. The Balaban J connectivity index is 2.16. The van der Waals surface area contributed by atoms with E-state index in [0.29, 0.717) is 44.3 Å². The van der Waals surface area contributed by atoms with Crippen LogP contribution < -0.4 is 8.61 Å². The van der Waals surface area contributed by atoms with Crippen LogP contribution >= 0.6 is 68.4 Å². The van der Waals surface area contributed by atoms with E-state index in [0.717, 1.165) is 22.0 Å². The summed E-state index contributed by atoms with van der Waals surface area (Å²) in [4.78, 5) is 22.7. The molecule has 0 fully saturated rings. The number of hydrogen-bond donors (Lipinski definition) is 0. The summed E-state index contributed by atoms with van der Waals surface area (Å²) in [6, 6.07) is 9.47. The number of anilines is 2. The molecule has 0 aliphatic rings. The molecule has 0 saturated carbocycles. The Hall–Kier alpha value is -0.760. The summed E-state index contributed by atoms with van der Waals surface area (Å²) in [7, 11) is 1.99. The molecule has 2 amide bonds. The van der Waals surface area contributed by atoms with E-state index in [9.17, 15) is 9.59 Å². The molecule has 0 aliphatic heterocycles. The van der Waals surface area contributed by atoms with Crippen molar-refractivity contribution in [2.75, 3.05) is 8.61 Å². The first-order chi connectivity index (χ1) is 11.5. The molecule has 0 aromatic heterocycles. The number of benzene rings is 2. The quantitative estimate of drug-likeness (QED) is 0.294. The Bertz CT molecular complexity index is 700.